The first kappa shape index (κ1) is 19.9. The van der Waals surface area contributed by atoms with Crippen molar-refractivity contribution in [3.05, 3.63) is 35.9 Å². The molecule has 0 bridgehead atoms. The molecule has 0 heterocycles. The summed E-state index contributed by atoms with van der Waals surface area (Å²) in [4.78, 5) is 11.8. The number of rotatable bonds is 9. The van der Waals surface area contributed by atoms with Crippen LogP contribution in [-0.2, 0) is 21.1 Å². The van der Waals surface area contributed by atoms with Crippen LogP contribution in [0.15, 0.2) is 30.3 Å². The summed E-state index contributed by atoms with van der Waals surface area (Å²) in [5, 5.41) is 2.75. The molecule has 1 fully saturated rings. The van der Waals surface area contributed by atoms with E-state index in [0.29, 0.717) is 25.3 Å². The van der Waals surface area contributed by atoms with Crippen molar-refractivity contribution in [2.45, 2.75) is 31.7 Å². The second kappa shape index (κ2) is 9.25. The number of benzene rings is 1. The highest BCUT2D eigenvalue weighted by molar-refractivity contribution is 7.92. The molecule has 1 aromatic carbocycles. The largest absolute Gasteiger partial charge is 0.351 e. The quantitative estimate of drug-likeness (QED) is 0.694. The maximum absolute atomic E-state index is 12.0. The number of carbonyl (C=O) groups is 1. The van der Waals surface area contributed by atoms with E-state index in [1.807, 2.05) is 30.3 Å². The molecule has 2 rings (SSSR count). The molecule has 1 aliphatic carbocycles. The predicted molar refractivity (Wildman–Crippen MR) is 94.4 cm³/mol. The second-order valence-corrected chi connectivity index (χ2v) is 8.11. The van der Waals surface area contributed by atoms with Crippen LogP contribution < -0.4 is 11.1 Å². The van der Waals surface area contributed by atoms with E-state index in [9.17, 15) is 13.2 Å². The third-order valence-electron chi connectivity index (χ3n) is 3.91. The van der Waals surface area contributed by atoms with E-state index in [1.165, 1.54) is 0 Å². The van der Waals surface area contributed by atoms with Crippen molar-refractivity contribution >= 4 is 28.2 Å². The Morgan fingerprint density at radius 2 is 1.91 bits per heavy atom. The van der Waals surface area contributed by atoms with E-state index in [1.54, 1.807) is 0 Å². The standard InChI is InChI=1S/C16H24N2O3S.ClH/c17-11-15(14-8-9-14)18-16(19)12-22(20,21)10-4-7-13-5-2-1-3-6-13;/h1-3,5-6,14-15H,4,7-12,17H2,(H,18,19);1H. The Morgan fingerprint density at radius 1 is 1.26 bits per heavy atom. The van der Waals surface area contributed by atoms with Crippen LogP contribution in [0.2, 0.25) is 0 Å². The van der Waals surface area contributed by atoms with Gasteiger partial charge in [-0.25, -0.2) is 8.42 Å². The maximum atomic E-state index is 12.0. The van der Waals surface area contributed by atoms with E-state index in [0.717, 1.165) is 18.4 Å². The average molecular weight is 361 g/mol. The molecule has 3 N–H and O–H groups in total. The normalized spacial score (nSPS) is 15.5. The molecule has 1 amide bonds. The molecule has 1 aliphatic rings. The van der Waals surface area contributed by atoms with Crippen LogP contribution in [0.1, 0.15) is 24.8 Å². The minimum Gasteiger partial charge on any atom is -0.351 e. The molecular formula is C16H25ClN2O3S. The van der Waals surface area contributed by atoms with E-state index >= 15 is 0 Å². The van der Waals surface area contributed by atoms with Gasteiger partial charge in [-0.2, -0.15) is 0 Å². The van der Waals surface area contributed by atoms with Gasteiger partial charge in [0.2, 0.25) is 5.91 Å². The minimum atomic E-state index is -3.36. The Bertz CT molecular complexity index is 589. The van der Waals surface area contributed by atoms with Gasteiger partial charge in [0.1, 0.15) is 5.75 Å². The monoisotopic (exact) mass is 360 g/mol. The zero-order valence-electron chi connectivity index (χ0n) is 13.1. The SMILES string of the molecule is Cl.NCC(NC(=O)CS(=O)(=O)CCCc1ccccc1)C1CC1. The lowest BCUT2D eigenvalue weighted by molar-refractivity contribution is -0.119. The smallest absolute Gasteiger partial charge is 0.235 e. The molecule has 0 spiro atoms. The van der Waals surface area contributed by atoms with Gasteiger partial charge in [0.25, 0.3) is 0 Å². The summed E-state index contributed by atoms with van der Waals surface area (Å²) in [5.41, 5.74) is 6.72. The van der Waals surface area contributed by atoms with Crippen molar-refractivity contribution in [2.24, 2.45) is 11.7 Å². The highest BCUT2D eigenvalue weighted by atomic mass is 35.5. The molecule has 1 saturated carbocycles. The Hall–Kier alpha value is -1.11. The van der Waals surface area contributed by atoms with Crippen molar-refractivity contribution in [1.29, 1.82) is 0 Å². The van der Waals surface area contributed by atoms with E-state index in [2.05, 4.69) is 5.32 Å². The molecule has 1 aromatic rings. The Kier molecular flexibility index (Phi) is 8.02. The van der Waals surface area contributed by atoms with Crippen LogP contribution in [-0.4, -0.2) is 38.4 Å². The lowest BCUT2D eigenvalue weighted by Crippen LogP contribution is -2.44. The first-order chi connectivity index (χ1) is 10.5. The molecule has 130 valence electrons. The van der Waals surface area contributed by atoms with Crippen LogP contribution in [0.3, 0.4) is 0 Å². The third-order valence-corrected chi connectivity index (χ3v) is 5.52. The number of sulfone groups is 1. The first-order valence-electron chi connectivity index (χ1n) is 7.74. The second-order valence-electron chi connectivity index (χ2n) is 5.93. The zero-order valence-corrected chi connectivity index (χ0v) is 14.7. The van der Waals surface area contributed by atoms with Crippen molar-refractivity contribution in [3.63, 3.8) is 0 Å². The van der Waals surface area contributed by atoms with Gasteiger partial charge in [-0.15, -0.1) is 12.4 Å². The molecule has 7 heteroatoms. The van der Waals surface area contributed by atoms with Gasteiger partial charge in [-0.3, -0.25) is 4.79 Å². The topological polar surface area (TPSA) is 89.3 Å². The Balaban J connectivity index is 0.00000264. The molecule has 1 atom stereocenters. The number of nitrogens with two attached hydrogens (primary N) is 1. The van der Waals surface area contributed by atoms with Crippen molar-refractivity contribution in [1.82, 2.24) is 5.32 Å². The van der Waals surface area contributed by atoms with Gasteiger partial charge >= 0.3 is 0 Å². The van der Waals surface area contributed by atoms with Crippen LogP contribution in [0.5, 0.6) is 0 Å². The summed E-state index contributed by atoms with van der Waals surface area (Å²) in [7, 11) is -3.36. The number of hydrogen-bond donors (Lipinski definition) is 2. The Labute approximate surface area is 144 Å². The van der Waals surface area contributed by atoms with Gasteiger partial charge < -0.3 is 11.1 Å². The molecule has 0 aliphatic heterocycles. The number of amides is 1. The van der Waals surface area contributed by atoms with Gasteiger partial charge in [-0.1, -0.05) is 30.3 Å². The van der Waals surface area contributed by atoms with E-state index in [4.69, 9.17) is 5.73 Å². The Morgan fingerprint density at radius 3 is 2.48 bits per heavy atom. The molecule has 1 unspecified atom stereocenters. The number of halogens is 1. The number of aryl methyl sites for hydroxylation is 1. The highest BCUT2D eigenvalue weighted by Crippen LogP contribution is 2.32. The minimum absolute atomic E-state index is 0. The summed E-state index contributed by atoms with van der Waals surface area (Å²) in [6.45, 7) is 0.366. The van der Waals surface area contributed by atoms with Crippen LogP contribution >= 0.6 is 12.4 Å². The van der Waals surface area contributed by atoms with Gasteiger partial charge in [0.15, 0.2) is 9.84 Å². The maximum Gasteiger partial charge on any atom is 0.235 e. The lowest BCUT2D eigenvalue weighted by atomic mass is 10.1. The molecule has 5 nitrogen and oxygen atoms in total. The fourth-order valence-electron chi connectivity index (χ4n) is 2.53. The average Bonchev–Trinajstić information content (AvgIpc) is 3.29. The summed E-state index contributed by atoms with van der Waals surface area (Å²) < 4.78 is 24.0. The number of nitrogens with one attached hydrogen (secondary N) is 1. The fourth-order valence-corrected chi connectivity index (χ4v) is 3.74. The molecule has 23 heavy (non-hydrogen) atoms. The van der Waals surface area contributed by atoms with E-state index in [-0.39, 0.29) is 24.2 Å². The van der Waals surface area contributed by atoms with Crippen LogP contribution in [0, 0.1) is 5.92 Å². The van der Waals surface area contributed by atoms with Crippen molar-refractivity contribution < 1.29 is 13.2 Å². The van der Waals surface area contributed by atoms with Gasteiger partial charge in [0, 0.05) is 12.6 Å². The van der Waals surface area contributed by atoms with Crippen LogP contribution in [0.25, 0.3) is 0 Å². The summed E-state index contributed by atoms with van der Waals surface area (Å²) in [5.74, 6) is -0.409. The summed E-state index contributed by atoms with van der Waals surface area (Å²) in [6, 6.07) is 9.66. The highest BCUT2D eigenvalue weighted by Gasteiger charge is 2.31. The fraction of sp³-hybridized carbons (Fsp3) is 0.562. The molecule has 0 radical (unpaired) electrons. The van der Waals surface area contributed by atoms with E-state index < -0.39 is 21.5 Å². The zero-order chi connectivity index (χ0) is 16.0. The van der Waals surface area contributed by atoms with Gasteiger partial charge in [-0.05, 0) is 37.2 Å². The van der Waals surface area contributed by atoms with Gasteiger partial charge in [0.05, 0.1) is 5.75 Å². The molecular weight excluding hydrogens is 336 g/mol. The summed E-state index contributed by atoms with van der Waals surface area (Å²) >= 11 is 0. The summed E-state index contributed by atoms with van der Waals surface area (Å²) in [6.07, 6.45) is 3.36. The first-order valence-corrected chi connectivity index (χ1v) is 9.56. The van der Waals surface area contributed by atoms with Crippen molar-refractivity contribution in [2.75, 3.05) is 18.1 Å². The number of hydrogen-bond acceptors (Lipinski definition) is 4. The molecule has 0 saturated heterocycles. The molecule has 0 aromatic heterocycles. The lowest BCUT2D eigenvalue weighted by Gasteiger charge is -2.15. The van der Waals surface area contributed by atoms with Crippen molar-refractivity contribution in [3.8, 4) is 0 Å². The number of carbonyl (C=O) groups excluding carboxylic acids is 1. The van der Waals surface area contributed by atoms with Crippen LogP contribution in [0.4, 0.5) is 0 Å². The predicted octanol–water partition coefficient (Wildman–Crippen LogP) is 1.31. The third kappa shape index (κ3) is 7.33.